The van der Waals surface area contributed by atoms with E-state index in [4.69, 9.17) is 29.0 Å². The molecular weight excluding hydrogens is 657 g/mol. The van der Waals surface area contributed by atoms with Crippen molar-refractivity contribution in [1.82, 2.24) is 0 Å². The van der Waals surface area contributed by atoms with Crippen LogP contribution in [0.5, 0.6) is 0 Å². The summed E-state index contributed by atoms with van der Waals surface area (Å²) in [6.45, 7) is 3.54. The van der Waals surface area contributed by atoms with Crippen molar-refractivity contribution in [3.8, 4) is 0 Å². The molecular formula is C39H68NO9P. The highest BCUT2D eigenvalue weighted by molar-refractivity contribution is 7.47. The Morgan fingerprint density at radius 3 is 1.98 bits per heavy atom. The minimum absolute atomic E-state index is 0.0391. The van der Waals surface area contributed by atoms with Crippen LogP contribution in [0, 0.1) is 0 Å². The van der Waals surface area contributed by atoms with Crippen molar-refractivity contribution < 1.29 is 42.3 Å². The van der Waals surface area contributed by atoms with Gasteiger partial charge in [-0.2, -0.15) is 0 Å². The van der Waals surface area contributed by atoms with Crippen molar-refractivity contribution in [3.63, 3.8) is 0 Å². The molecule has 288 valence electrons. The molecule has 1 aliphatic rings. The summed E-state index contributed by atoms with van der Waals surface area (Å²) in [6.07, 6.45) is 36.0. The summed E-state index contributed by atoms with van der Waals surface area (Å²) >= 11 is 0. The van der Waals surface area contributed by atoms with Crippen molar-refractivity contribution >= 4 is 19.8 Å². The molecule has 0 aliphatic carbocycles. The Labute approximate surface area is 302 Å². The van der Waals surface area contributed by atoms with Gasteiger partial charge in [0.15, 0.2) is 6.10 Å². The van der Waals surface area contributed by atoms with Crippen LogP contribution < -0.4 is 5.73 Å². The third-order valence-corrected chi connectivity index (χ3v) is 9.07. The van der Waals surface area contributed by atoms with Crippen molar-refractivity contribution in [2.45, 2.75) is 161 Å². The van der Waals surface area contributed by atoms with E-state index in [-0.39, 0.29) is 44.8 Å². The molecule has 0 aromatic carbocycles. The Hall–Kier alpha value is -2.07. The van der Waals surface area contributed by atoms with E-state index in [2.05, 4.69) is 56.4 Å². The van der Waals surface area contributed by atoms with Crippen molar-refractivity contribution in [1.29, 1.82) is 0 Å². The van der Waals surface area contributed by atoms with Gasteiger partial charge in [-0.25, -0.2) is 4.57 Å². The third-order valence-electron chi connectivity index (χ3n) is 8.09. The molecule has 0 aromatic rings. The fourth-order valence-corrected chi connectivity index (χ4v) is 5.82. The summed E-state index contributed by atoms with van der Waals surface area (Å²) in [5.41, 5.74) is 5.33. The normalized spacial score (nSPS) is 18.0. The molecule has 0 radical (unpaired) electrons. The number of unbranched alkanes of at least 4 members (excludes halogenated alkanes) is 11. The maximum absolute atomic E-state index is 12.5. The van der Waals surface area contributed by atoms with Gasteiger partial charge in [0, 0.05) is 19.4 Å². The molecule has 0 spiro atoms. The lowest BCUT2D eigenvalue weighted by Gasteiger charge is -2.19. The van der Waals surface area contributed by atoms with Crippen LogP contribution in [0.25, 0.3) is 0 Å². The van der Waals surface area contributed by atoms with E-state index in [1.165, 1.54) is 32.1 Å². The van der Waals surface area contributed by atoms with E-state index in [1.54, 1.807) is 0 Å². The van der Waals surface area contributed by atoms with Gasteiger partial charge in [-0.3, -0.25) is 18.6 Å². The number of epoxide rings is 1. The minimum atomic E-state index is -4.39. The van der Waals surface area contributed by atoms with Gasteiger partial charge in [-0.15, -0.1) is 0 Å². The first-order valence-electron chi connectivity index (χ1n) is 19.2. The summed E-state index contributed by atoms with van der Waals surface area (Å²) in [5, 5.41) is 0. The molecule has 1 aliphatic heterocycles. The second-order valence-electron chi connectivity index (χ2n) is 12.8. The highest BCUT2D eigenvalue weighted by Crippen LogP contribution is 2.43. The molecule has 1 heterocycles. The van der Waals surface area contributed by atoms with Gasteiger partial charge in [0.25, 0.3) is 0 Å². The zero-order valence-corrected chi connectivity index (χ0v) is 32.0. The number of hydrogen-bond acceptors (Lipinski definition) is 9. The summed E-state index contributed by atoms with van der Waals surface area (Å²) in [5.74, 6) is -0.920. The Morgan fingerprint density at radius 2 is 1.26 bits per heavy atom. The largest absolute Gasteiger partial charge is 0.472 e. The van der Waals surface area contributed by atoms with E-state index in [1.807, 2.05) is 6.08 Å². The fourth-order valence-electron chi connectivity index (χ4n) is 5.06. The highest BCUT2D eigenvalue weighted by atomic mass is 31.2. The van der Waals surface area contributed by atoms with Crippen LogP contribution in [0.4, 0.5) is 0 Å². The SMILES string of the molecule is CCCC/C=C\CCCCCCCC(=O)OC[C@H](COP(=O)(O)OCCN)OC(=O)CCC/C=C\CC1OC1C/C=C\C/C=C\CCCCC. The zero-order valence-electron chi connectivity index (χ0n) is 31.1. The molecule has 1 fully saturated rings. The zero-order chi connectivity index (χ0) is 36.5. The maximum atomic E-state index is 12.5. The number of carbonyl (C=O) groups is 2. The Kier molecular flexibility index (Phi) is 29.1. The lowest BCUT2D eigenvalue weighted by Crippen LogP contribution is -2.29. The molecule has 1 saturated heterocycles. The summed E-state index contributed by atoms with van der Waals surface area (Å²) in [6, 6.07) is 0. The van der Waals surface area contributed by atoms with E-state index in [0.717, 1.165) is 64.2 Å². The predicted molar refractivity (Wildman–Crippen MR) is 201 cm³/mol. The number of phosphoric acid groups is 1. The molecule has 0 aromatic heterocycles. The van der Waals surface area contributed by atoms with Crippen LogP contribution in [0.3, 0.4) is 0 Å². The van der Waals surface area contributed by atoms with Gasteiger partial charge < -0.3 is 24.8 Å². The second kappa shape index (κ2) is 31.6. The molecule has 0 saturated carbocycles. The molecule has 0 amide bonds. The highest BCUT2D eigenvalue weighted by Gasteiger charge is 2.36. The number of esters is 2. The number of rotatable bonds is 34. The fraction of sp³-hybridized carbons (Fsp3) is 0.744. The van der Waals surface area contributed by atoms with Gasteiger partial charge in [-0.1, -0.05) is 107 Å². The number of phosphoric ester groups is 1. The smallest absolute Gasteiger partial charge is 0.462 e. The third kappa shape index (κ3) is 28.6. The van der Waals surface area contributed by atoms with Crippen LogP contribution in [-0.4, -0.2) is 61.5 Å². The van der Waals surface area contributed by atoms with E-state index >= 15 is 0 Å². The molecule has 1 rings (SSSR count). The van der Waals surface area contributed by atoms with Crippen LogP contribution in [-0.2, 0) is 37.4 Å². The number of ether oxygens (including phenoxy) is 3. The monoisotopic (exact) mass is 725 g/mol. The van der Waals surface area contributed by atoms with Crippen LogP contribution in [0.15, 0.2) is 48.6 Å². The Bertz CT molecular complexity index is 1030. The topological polar surface area (TPSA) is 147 Å². The molecule has 3 N–H and O–H groups in total. The first-order valence-corrected chi connectivity index (χ1v) is 20.7. The standard InChI is InChI=1S/C39H68NO9P/c1-3-5-7-9-11-13-14-16-18-20-25-29-38(41)45-33-35(34-47-50(43,44)46-32-31-40)48-39(42)30-26-22-21-24-28-37-36(49-37)27-23-19-17-15-12-10-8-6-4-2/h9,11-12,15,19,21,23-24,35-37H,3-8,10,13-14,16-18,20,22,25-34,40H2,1-2H3,(H,43,44)/b11-9-,15-12-,23-19-,24-21-/t35-,36?,37?/m1/s1. The lowest BCUT2D eigenvalue weighted by molar-refractivity contribution is -0.161. The number of carbonyl (C=O) groups excluding carboxylic acids is 2. The van der Waals surface area contributed by atoms with Crippen molar-refractivity contribution in [2.75, 3.05) is 26.4 Å². The van der Waals surface area contributed by atoms with E-state index in [9.17, 15) is 19.0 Å². The number of nitrogens with two attached hydrogens (primary N) is 1. The quantitative estimate of drug-likeness (QED) is 0.0216. The van der Waals surface area contributed by atoms with Crippen LogP contribution in [0.1, 0.15) is 142 Å². The molecule has 11 heteroatoms. The minimum Gasteiger partial charge on any atom is -0.462 e. The first kappa shape index (κ1) is 46.0. The summed E-state index contributed by atoms with van der Waals surface area (Å²) in [4.78, 5) is 34.7. The van der Waals surface area contributed by atoms with E-state index in [0.29, 0.717) is 19.3 Å². The lowest BCUT2D eigenvalue weighted by atomic mass is 10.1. The average molecular weight is 726 g/mol. The average Bonchev–Trinajstić information content (AvgIpc) is 3.86. The summed E-state index contributed by atoms with van der Waals surface area (Å²) in [7, 11) is -4.39. The van der Waals surface area contributed by atoms with Gasteiger partial charge >= 0.3 is 19.8 Å². The van der Waals surface area contributed by atoms with Gasteiger partial charge in [-0.05, 0) is 70.6 Å². The number of hydrogen-bond donors (Lipinski definition) is 2. The van der Waals surface area contributed by atoms with Crippen LogP contribution >= 0.6 is 7.82 Å². The molecule has 50 heavy (non-hydrogen) atoms. The second-order valence-corrected chi connectivity index (χ2v) is 14.3. The predicted octanol–water partition coefficient (Wildman–Crippen LogP) is 9.37. The van der Waals surface area contributed by atoms with E-state index < -0.39 is 32.5 Å². The number of allylic oxidation sites excluding steroid dienone is 6. The van der Waals surface area contributed by atoms with Gasteiger partial charge in [0.05, 0.1) is 25.4 Å². The molecule has 0 bridgehead atoms. The van der Waals surface area contributed by atoms with Crippen molar-refractivity contribution in [3.05, 3.63) is 48.6 Å². The van der Waals surface area contributed by atoms with Gasteiger partial charge in [0.1, 0.15) is 6.61 Å². The maximum Gasteiger partial charge on any atom is 0.472 e. The molecule has 3 unspecified atom stereocenters. The Balaban J connectivity index is 2.29. The van der Waals surface area contributed by atoms with Crippen LogP contribution in [0.2, 0.25) is 0 Å². The molecule has 10 nitrogen and oxygen atoms in total. The summed E-state index contributed by atoms with van der Waals surface area (Å²) < 4.78 is 38.3. The van der Waals surface area contributed by atoms with Gasteiger partial charge in [0.2, 0.25) is 0 Å². The Morgan fingerprint density at radius 1 is 0.700 bits per heavy atom. The van der Waals surface area contributed by atoms with Crippen molar-refractivity contribution in [2.24, 2.45) is 5.73 Å². The first-order chi connectivity index (χ1) is 24.3. The molecule has 4 atom stereocenters.